The van der Waals surface area contributed by atoms with Gasteiger partial charge in [-0.25, -0.2) is 0 Å². The van der Waals surface area contributed by atoms with Crippen molar-refractivity contribution in [2.45, 2.75) is 77.6 Å². The minimum Gasteiger partial charge on any atom is -0.377 e. The largest absolute Gasteiger partial charge is 0.377 e. The highest BCUT2D eigenvalue weighted by molar-refractivity contribution is 6.11. The number of hydrogen-bond donors (Lipinski definition) is 0. The molecule has 1 aliphatic heterocycles. The highest BCUT2D eigenvalue weighted by Gasteiger charge is 2.44. The monoisotopic (exact) mass is 270 g/mol. The molecule has 1 aliphatic rings. The second-order valence-corrected chi connectivity index (χ2v) is 5.51. The van der Waals surface area contributed by atoms with Crippen molar-refractivity contribution in [2.24, 2.45) is 0 Å². The quantitative estimate of drug-likeness (QED) is 0.631. The first-order chi connectivity index (χ1) is 8.95. The zero-order valence-corrected chi connectivity index (χ0v) is 12.8. The zero-order chi connectivity index (χ0) is 14.4. The smallest absolute Gasteiger partial charge is 0.114 e. The molecule has 0 aromatic carbocycles. The second-order valence-electron chi connectivity index (χ2n) is 5.51. The summed E-state index contributed by atoms with van der Waals surface area (Å²) in [6, 6.07) is -0.448. The van der Waals surface area contributed by atoms with Crippen LogP contribution in [0.1, 0.15) is 41.0 Å². The second kappa shape index (κ2) is 8.25. The Morgan fingerprint density at radius 3 is 2.32 bits per heavy atom. The number of rotatable bonds is 8. The van der Waals surface area contributed by atoms with Gasteiger partial charge in [0.2, 0.25) is 0 Å². The molecule has 110 valence electrons. The van der Waals surface area contributed by atoms with Crippen LogP contribution in [0.2, 0.25) is 0 Å². The van der Waals surface area contributed by atoms with Crippen molar-refractivity contribution in [3.8, 4) is 0 Å². The van der Waals surface area contributed by atoms with Crippen molar-refractivity contribution in [2.75, 3.05) is 13.2 Å². The van der Waals surface area contributed by atoms with Crippen LogP contribution < -0.4 is 0 Å². The van der Waals surface area contributed by atoms with E-state index in [0.29, 0.717) is 13.2 Å². The molecule has 0 aromatic heterocycles. The van der Waals surface area contributed by atoms with Crippen molar-refractivity contribution in [1.82, 2.24) is 0 Å². The highest BCUT2D eigenvalue weighted by atomic mass is 16.6. The third-order valence-electron chi connectivity index (χ3n) is 2.88. The Kier molecular flexibility index (Phi) is 7.36. The van der Waals surface area contributed by atoms with Gasteiger partial charge in [-0.15, -0.1) is 0 Å². The molecular formula is C14H27BO4. The summed E-state index contributed by atoms with van der Waals surface area (Å²) in [4.78, 5) is 0. The fraction of sp³-hybridized carbons (Fsp3) is 1.00. The predicted octanol–water partition coefficient (Wildman–Crippen LogP) is 1.89. The van der Waals surface area contributed by atoms with E-state index in [4.69, 9.17) is 26.8 Å². The Morgan fingerprint density at radius 1 is 1.11 bits per heavy atom. The minimum atomic E-state index is -0.448. The lowest BCUT2D eigenvalue weighted by molar-refractivity contribution is -0.103. The Bertz CT molecular complexity index is 248. The Balaban J connectivity index is 2.63. The summed E-state index contributed by atoms with van der Waals surface area (Å²) in [5.41, 5.74) is 0. The van der Waals surface area contributed by atoms with Gasteiger partial charge >= 0.3 is 0 Å². The molecule has 5 heteroatoms. The summed E-state index contributed by atoms with van der Waals surface area (Å²) < 4.78 is 23.1. The fourth-order valence-electron chi connectivity index (χ4n) is 2.10. The first kappa shape index (κ1) is 17.0. The standard InChI is InChI=1S/C14H27BO4/c1-6-7-16-13-12(18-10(4)5)11(19-14(13)15)8-17-9(2)3/h9-14H,6-8H2,1-5H3/t11-,12?,13+,14-/m1/s1. The molecule has 2 radical (unpaired) electrons. The van der Waals surface area contributed by atoms with Crippen LogP contribution in [0, 0.1) is 0 Å². The molecule has 0 N–H and O–H groups in total. The van der Waals surface area contributed by atoms with Crippen molar-refractivity contribution >= 4 is 7.85 Å². The molecule has 1 unspecified atom stereocenters. The molecule has 4 nitrogen and oxygen atoms in total. The Labute approximate surface area is 118 Å². The molecule has 0 saturated carbocycles. The van der Waals surface area contributed by atoms with Crippen molar-refractivity contribution < 1.29 is 18.9 Å². The van der Waals surface area contributed by atoms with Gasteiger partial charge in [0.05, 0.1) is 18.8 Å². The maximum atomic E-state index is 6.00. The molecular weight excluding hydrogens is 243 g/mol. The summed E-state index contributed by atoms with van der Waals surface area (Å²) in [6.45, 7) is 11.2. The van der Waals surface area contributed by atoms with E-state index in [1.807, 2.05) is 27.7 Å². The van der Waals surface area contributed by atoms with Gasteiger partial charge in [0.1, 0.15) is 26.2 Å². The van der Waals surface area contributed by atoms with E-state index in [0.717, 1.165) is 6.42 Å². The van der Waals surface area contributed by atoms with E-state index in [2.05, 4.69) is 6.92 Å². The van der Waals surface area contributed by atoms with Gasteiger partial charge in [-0.3, -0.25) is 0 Å². The van der Waals surface area contributed by atoms with E-state index < -0.39 is 6.00 Å². The molecule has 0 amide bonds. The van der Waals surface area contributed by atoms with Crippen LogP contribution in [0.3, 0.4) is 0 Å². The average Bonchev–Trinajstić information content (AvgIpc) is 2.60. The normalized spacial score (nSPS) is 31.5. The fourth-order valence-corrected chi connectivity index (χ4v) is 2.10. The lowest BCUT2D eigenvalue weighted by Gasteiger charge is -2.26. The van der Waals surface area contributed by atoms with E-state index in [1.54, 1.807) is 0 Å². The lowest BCUT2D eigenvalue weighted by atomic mass is 9.92. The van der Waals surface area contributed by atoms with Crippen molar-refractivity contribution in [1.29, 1.82) is 0 Å². The zero-order valence-electron chi connectivity index (χ0n) is 12.8. The molecule has 1 heterocycles. The predicted molar refractivity (Wildman–Crippen MR) is 75.5 cm³/mol. The maximum Gasteiger partial charge on any atom is 0.114 e. The van der Waals surface area contributed by atoms with E-state index in [-0.39, 0.29) is 30.5 Å². The Morgan fingerprint density at radius 2 is 1.79 bits per heavy atom. The molecule has 1 saturated heterocycles. The van der Waals surface area contributed by atoms with E-state index in [9.17, 15) is 0 Å². The first-order valence-corrected chi connectivity index (χ1v) is 7.25. The van der Waals surface area contributed by atoms with Crippen LogP contribution in [0.5, 0.6) is 0 Å². The summed E-state index contributed by atoms with van der Waals surface area (Å²) in [5.74, 6) is 0. The number of hydrogen-bond acceptors (Lipinski definition) is 4. The van der Waals surface area contributed by atoms with Gasteiger partial charge < -0.3 is 18.9 Å². The van der Waals surface area contributed by atoms with Gasteiger partial charge in [-0.1, -0.05) is 6.92 Å². The summed E-state index contributed by atoms with van der Waals surface area (Å²) in [7, 11) is 6.00. The summed E-state index contributed by atoms with van der Waals surface area (Å²) >= 11 is 0. The first-order valence-electron chi connectivity index (χ1n) is 7.25. The third-order valence-corrected chi connectivity index (χ3v) is 2.88. The molecule has 0 spiro atoms. The van der Waals surface area contributed by atoms with Crippen molar-refractivity contribution in [3.05, 3.63) is 0 Å². The maximum absolute atomic E-state index is 6.00. The highest BCUT2D eigenvalue weighted by Crippen LogP contribution is 2.27. The van der Waals surface area contributed by atoms with Gasteiger partial charge in [0.25, 0.3) is 0 Å². The summed E-state index contributed by atoms with van der Waals surface area (Å²) in [5, 5.41) is 0. The SMILES string of the molecule is [B][C@@H]1O[C@H](COC(C)C)C(OC(C)C)[C@@H]1OCCC. The molecule has 1 fully saturated rings. The van der Waals surface area contributed by atoms with Crippen LogP contribution in [0.4, 0.5) is 0 Å². The van der Waals surface area contributed by atoms with Crippen LogP contribution >= 0.6 is 0 Å². The van der Waals surface area contributed by atoms with Crippen LogP contribution in [0.15, 0.2) is 0 Å². The van der Waals surface area contributed by atoms with Gasteiger partial charge in [0.15, 0.2) is 0 Å². The molecule has 0 aromatic rings. The van der Waals surface area contributed by atoms with Crippen LogP contribution in [-0.4, -0.2) is 57.6 Å². The molecule has 4 atom stereocenters. The lowest BCUT2D eigenvalue weighted by Crippen LogP contribution is -2.41. The van der Waals surface area contributed by atoms with Crippen LogP contribution in [-0.2, 0) is 18.9 Å². The van der Waals surface area contributed by atoms with Gasteiger partial charge in [0, 0.05) is 12.6 Å². The molecule has 0 bridgehead atoms. The Hall–Kier alpha value is -0.0951. The average molecular weight is 270 g/mol. The number of ether oxygens (including phenoxy) is 4. The topological polar surface area (TPSA) is 36.9 Å². The summed E-state index contributed by atoms with van der Waals surface area (Å²) in [6.07, 6.45) is 0.665. The molecule has 19 heavy (non-hydrogen) atoms. The van der Waals surface area contributed by atoms with Gasteiger partial charge in [-0.2, -0.15) is 0 Å². The van der Waals surface area contributed by atoms with E-state index in [1.165, 1.54) is 0 Å². The molecule has 1 rings (SSSR count). The van der Waals surface area contributed by atoms with Gasteiger partial charge in [-0.05, 0) is 34.1 Å². The van der Waals surface area contributed by atoms with Crippen molar-refractivity contribution in [3.63, 3.8) is 0 Å². The minimum absolute atomic E-state index is 0.105. The third kappa shape index (κ3) is 5.42. The van der Waals surface area contributed by atoms with E-state index >= 15 is 0 Å². The van der Waals surface area contributed by atoms with Crippen LogP contribution in [0.25, 0.3) is 0 Å². The molecule has 0 aliphatic carbocycles.